The number of H-pyrrole nitrogens is 1. The van der Waals surface area contributed by atoms with Crippen LogP contribution in [0.1, 0.15) is 13.3 Å². The smallest absolute Gasteiger partial charge is 0.260 e. The van der Waals surface area contributed by atoms with Crippen molar-refractivity contribution in [1.29, 1.82) is 0 Å². The van der Waals surface area contributed by atoms with Crippen LogP contribution in [-0.2, 0) is 14.6 Å². The minimum Gasteiger partial charge on any atom is -0.341 e. The van der Waals surface area contributed by atoms with Gasteiger partial charge in [0.15, 0.2) is 15.0 Å². The molecule has 1 aliphatic rings. The Morgan fingerprint density at radius 2 is 2.29 bits per heavy atom. The van der Waals surface area contributed by atoms with Gasteiger partial charge in [0.1, 0.15) is 4.83 Å². The molecule has 2 atom stereocenters. The highest BCUT2D eigenvalue weighted by Gasteiger charge is 2.34. The molecule has 1 amide bonds. The van der Waals surface area contributed by atoms with Crippen molar-refractivity contribution in [2.75, 3.05) is 18.6 Å². The highest BCUT2D eigenvalue weighted by molar-refractivity contribution is 8.00. The molecule has 0 bridgehead atoms. The first-order chi connectivity index (χ1) is 11.3. The first-order valence-electron chi connectivity index (χ1n) is 7.38. The van der Waals surface area contributed by atoms with Gasteiger partial charge in [-0.3, -0.25) is 9.59 Å². The molecule has 0 unspecified atom stereocenters. The van der Waals surface area contributed by atoms with E-state index in [9.17, 15) is 18.0 Å². The fourth-order valence-electron chi connectivity index (χ4n) is 2.67. The number of aromatic nitrogens is 2. The summed E-state index contributed by atoms with van der Waals surface area (Å²) in [5.74, 6) is -0.0279. The molecular formula is C14H17N3O4S3. The monoisotopic (exact) mass is 387 g/mol. The average Bonchev–Trinajstić information content (AvgIpc) is 3.12. The van der Waals surface area contributed by atoms with Gasteiger partial charge in [-0.05, 0) is 24.8 Å². The molecule has 130 valence electrons. The Balaban J connectivity index is 1.72. The van der Waals surface area contributed by atoms with Gasteiger partial charge < -0.3 is 9.88 Å². The predicted molar refractivity (Wildman–Crippen MR) is 95.4 cm³/mol. The number of rotatable bonds is 4. The van der Waals surface area contributed by atoms with Crippen LogP contribution in [0.5, 0.6) is 0 Å². The van der Waals surface area contributed by atoms with E-state index in [4.69, 9.17) is 0 Å². The normalized spacial score (nSPS) is 21.0. The summed E-state index contributed by atoms with van der Waals surface area (Å²) in [5, 5.41) is 2.25. The molecule has 1 aliphatic heterocycles. The third kappa shape index (κ3) is 3.50. The van der Waals surface area contributed by atoms with Crippen molar-refractivity contribution in [2.45, 2.75) is 29.8 Å². The topological polar surface area (TPSA) is 100 Å². The quantitative estimate of drug-likeness (QED) is 0.623. The van der Waals surface area contributed by atoms with Crippen LogP contribution in [0.2, 0.25) is 0 Å². The van der Waals surface area contributed by atoms with E-state index in [-0.39, 0.29) is 29.0 Å². The minimum absolute atomic E-state index is 0.0167. The Kier molecular flexibility index (Phi) is 4.71. The van der Waals surface area contributed by atoms with Crippen molar-refractivity contribution in [2.24, 2.45) is 0 Å². The third-order valence-corrected chi connectivity index (χ3v) is 7.58. The lowest BCUT2D eigenvalue weighted by Crippen LogP contribution is -2.41. The lowest BCUT2D eigenvalue weighted by molar-refractivity contribution is -0.130. The van der Waals surface area contributed by atoms with E-state index in [0.29, 0.717) is 21.8 Å². The molecule has 0 aromatic carbocycles. The fraction of sp³-hybridized carbons (Fsp3) is 0.500. The van der Waals surface area contributed by atoms with Crippen molar-refractivity contribution in [3.8, 4) is 0 Å². The maximum absolute atomic E-state index is 12.5. The molecule has 3 heterocycles. The molecule has 2 aromatic rings. The van der Waals surface area contributed by atoms with Crippen LogP contribution in [0, 0.1) is 0 Å². The van der Waals surface area contributed by atoms with Gasteiger partial charge in [0.2, 0.25) is 5.91 Å². The molecule has 1 fully saturated rings. The SMILES string of the molecule is C[C@@H](Sc1nc2sccc2c(=O)[nH]1)C(=O)N(C)[C@H]1CCS(=O)(=O)C1. The molecule has 0 radical (unpaired) electrons. The van der Waals surface area contributed by atoms with Gasteiger partial charge in [-0.15, -0.1) is 11.3 Å². The van der Waals surface area contributed by atoms with Crippen LogP contribution >= 0.6 is 23.1 Å². The molecule has 0 saturated carbocycles. The van der Waals surface area contributed by atoms with Gasteiger partial charge in [0.25, 0.3) is 5.56 Å². The second kappa shape index (κ2) is 6.49. The number of aromatic amines is 1. The van der Waals surface area contributed by atoms with E-state index in [2.05, 4.69) is 9.97 Å². The number of hydrogen-bond acceptors (Lipinski definition) is 7. The molecule has 24 heavy (non-hydrogen) atoms. The number of carbonyl (C=O) groups is 1. The van der Waals surface area contributed by atoms with Crippen LogP contribution in [0.4, 0.5) is 0 Å². The standard InChI is InChI=1S/C14H17N3O4S3/c1-8(13(19)17(2)9-4-6-24(20,21)7-9)23-14-15-11(18)10-3-5-22-12(10)16-14/h3,5,8-9H,4,6-7H2,1-2H3,(H,15,16,18)/t8-,9+/m1/s1. The number of amides is 1. The average molecular weight is 388 g/mol. The van der Waals surface area contributed by atoms with Crippen LogP contribution in [0.3, 0.4) is 0 Å². The summed E-state index contributed by atoms with van der Waals surface area (Å²) < 4.78 is 23.1. The fourth-order valence-corrected chi connectivity index (χ4v) is 6.16. The first-order valence-corrected chi connectivity index (χ1v) is 11.0. The zero-order chi connectivity index (χ0) is 17.5. The van der Waals surface area contributed by atoms with E-state index in [1.54, 1.807) is 25.4 Å². The van der Waals surface area contributed by atoms with Crippen LogP contribution in [0.25, 0.3) is 10.2 Å². The third-order valence-electron chi connectivity index (χ3n) is 4.05. The Bertz CT molecular complexity index is 934. The first kappa shape index (κ1) is 17.4. The maximum Gasteiger partial charge on any atom is 0.260 e. The van der Waals surface area contributed by atoms with Crippen molar-refractivity contribution in [1.82, 2.24) is 14.9 Å². The summed E-state index contributed by atoms with van der Waals surface area (Å²) in [6.07, 6.45) is 0.470. The summed E-state index contributed by atoms with van der Waals surface area (Å²) in [7, 11) is -1.41. The van der Waals surface area contributed by atoms with Gasteiger partial charge in [0, 0.05) is 13.1 Å². The molecular weight excluding hydrogens is 370 g/mol. The number of hydrogen-bond donors (Lipinski definition) is 1. The number of sulfone groups is 1. The van der Waals surface area contributed by atoms with Crippen LogP contribution in [0.15, 0.2) is 21.4 Å². The molecule has 2 aromatic heterocycles. The largest absolute Gasteiger partial charge is 0.341 e. The van der Waals surface area contributed by atoms with E-state index in [1.807, 2.05) is 0 Å². The second-order valence-corrected chi connectivity index (χ2v) is 10.2. The van der Waals surface area contributed by atoms with E-state index >= 15 is 0 Å². The van der Waals surface area contributed by atoms with Gasteiger partial charge >= 0.3 is 0 Å². The Morgan fingerprint density at radius 1 is 1.54 bits per heavy atom. The molecule has 3 rings (SSSR count). The van der Waals surface area contributed by atoms with Crippen molar-refractivity contribution >= 4 is 49.1 Å². The Labute approximate surface area is 147 Å². The lowest BCUT2D eigenvalue weighted by atomic mass is 10.2. The summed E-state index contributed by atoms with van der Waals surface area (Å²) in [6, 6.07) is 1.43. The van der Waals surface area contributed by atoms with Crippen LogP contribution in [-0.4, -0.2) is 59.0 Å². The van der Waals surface area contributed by atoms with Gasteiger partial charge in [-0.1, -0.05) is 11.8 Å². The van der Waals surface area contributed by atoms with E-state index in [1.165, 1.54) is 28.0 Å². The summed E-state index contributed by atoms with van der Waals surface area (Å²) in [5.41, 5.74) is -0.223. The van der Waals surface area contributed by atoms with Crippen molar-refractivity contribution in [3.05, 3.63) is 21.8 Å². The zero-order valence-electron chi connectivity index (χ0n) is 13.2. The highest BCUT2D eigenvalue weighted by atomic mass is 32.2. The lowest BCUT2D eigenvalue weighted by Gasteiger charge is -2.26. The Hall–Kier alpha value is -1.39. The maximum atomic E-state index is 12.5. The minimum atomic E-state index is -3.04. The van der Waals surface area contributed by atoms with Gasteiger partial charge in [-0.25, -0.2) is 13.4 Å². The van der Waals surface area contributed by atoms with Crippen molar-refractivity contribution < 1.29 is 13.2 Å². The zero-order valence-corrected chi connectivity index (χ0v) is 15.6. The van der Waals surface area contributed by atoms with Crippen LogP contribution < -0.4 is 5.56 Å². The molecule has 0 aliphatic carbocycles. The molecule has 1 N–H and O–H groups in total. The second-order valence-electron chi connectivity index (χ2n) is 5.78. The van der Waals surface area contributed by atoms with Gasteiger partial charge in [-0.2, -0.15) is 0 Å². The van der Waals surface area contributed by atoms with Crippen molar-refractivity contribution in [3.63, 3.8) is 0 Å². The summed E-state index contributed by atoms with van der Waals surface area (Å²) in [4.78, 5) is 33.7. The number of nitrogens with one attached hydrogen (secondary N) is 1. The predicted octanol–water partition coefficient (Wildman–Crippen LogP) is 1.11. The Morgan fingerprint density at radius 3 is 2.96 bits per heavy atom. The molecule has 0 spiro atoms. The van der Waals surface area contributed by atoms with E-state index < -0.39 is 15.1 Å². The number of thioether (sulfide) groups is 1. The van der Waals surface area contributed by atoms with Gasteiger partial charge in [0.05, 0.1) is 22.1 Å². The highest BCUT2D eigenvalue weighted by Crippen LogP contribution is 2.25. The summed E-state index contributed by atoms with van der Waals surface area (Å²) in [6.45, 7) is 1.73. The number of nitrogens with zero attached hydrogens (tertiary/aromatic N) is 2. The number of carbonyl (C=O) groups excluding carboxylic acids is 1. The molecule has 1 saturated heterocycles. The molecule has 10 heteroatoms. The molecule has 7 nitrogen and oxygen atoms in total. The number of thiophene rings is 1. The number of fused-ring (bicyclic) bond motifs is 1. The summed E-state index contributed by atoms with van der Waals surface area (Å²) >= 11 is 2.54. The van der Waals surface area contributed by atoms with E-state index in [0.717, 1.165) is 0 Å².